The van der Waals surface area contributed by atoms with E-state index in [1.54, 1.807) is 7.05 Å². The van der Waals surface area contributed by atoms with Gasteiger partial charge in [0.15, 0.2) is 5.96 Å². The molecule has 1 aromatic carbocycles. The fraction of sp³-hybridized carbons (Fsp3) is 0.619. The zero-order valence-electron chi connectivity index (χ0n) is 18.2. The zero-order chi connectivity index (χ0) is 20.6. The summed E-state index contributed by atoms with van der Waals surface area (Å²) in [7, 11) is 1.71. The average Bonchev–Trinajstić information content (AvgIpc) is 2.65. The Bertz CT molecular complexity index is 652. The van der Waals surface area contributed by atoms with Gasteiger partial charge in [0.1, 0.15) is 0 Å². The summed E-state index contributed by atoms with van der Waals surface area (Å²) in [5.74, 6) is 0.563. The maximum atomic E-state index is 12.0. The van der Waals surface area contributed by atoms with Crippen molar-refractivity contribution >= 4 is 35.8 Å². The molecule has 0 saturated carbocycles. The van der Waals surface area contributed by atoms with Gasteiger partial charge in [-0.1, -0.05) is 29.8 Å². The number of hydrogen-bond donors (Lipinski definition) is 3. The molecule has 0 radical (unpaired) electrons. The van der Waals surface area contributed by atoms with Gasteiger partial charge in [0, 0.05) is 32.2 Å². The summed E-state index contributed by atoms with van der Waals surface area (Å²) in [4.78, 5) is 18.7. The molecule has 1 amide bonds. The highest BCUT2D eigenvalue weighted by Gasteiger charge is 2.23. The molecule has 164 valence electrons. The summed E-state index contributed by atoms with van der Waals surface area (Å²) in [5.41, 5.74) is 2.27. The van der Waals surface area contributed by atoms with E-state index in [1.165, 1.54) is 11.1 Å². The Kier molecular flexibility index (Phi) is 10.9. The fourth-order valence-corrected chi connectivity index (χ4v) is 3.18. The van der Waals surface area contributed by atoms with E-state index in [9.17, 15) is 4.79 Å². The van der Waals surface area contributed by atoms with E-state index in [4.69, 9.17) is 4.74 Å². The summed E-state index contributed by atoms with van der Waals surface area (Å²) in [6, 6.07) is 8.87. The van der Waals surface area contributed by atoms with Gasteiger partial charge >= 0.3 is 0 Å². The Labute approximate surface area is 192 Å². The van der Waals surface area contributed by atoms with Crippen molar-refractivity contribution in [1.82, 2.24) is 20.9 Å². The molecule has 1 aliphatic heterocycles. The van der Waals surface area contributed by atoms with Crippen LogP contribution in [0, 0.1) is 6.92 Å². The summed E-state index contributed by atoms with van der Waals surface area (Å²) >= 11 is 0. The number of carbonyl (C=O) groups is 1. The molecule has 1 atom stereocenters. The molecule has 29 heavy (non-hydrogen) atoms. The van der Waals surface area contributed by atoms with Crippen LogP contribution in [0.3, 0.4) is 0 Å². The highest BCUT2D eigenvalue weighted by Crippen LogP contribution is 2.21. The van der Waals surface area contributed by atoms with E-state index in [2.05, 4.69) is 57.0 Å². The number of aryl methyl sites for hydroxylation is 1. The lowest BCUT2D eigenvalue weighted by atomic mass is 10.0. The summed E-state index contributed by atoms with van der Waals surface area (Å²) in [5, 5.41) is 9.41. The van der Waals surface area contributed by atoms with Gasteiger partial charge in [-0.2, -0.15) is 0 Å². The maximum absolute atomic E-state index is 12.0. The third-order valence-electron chi connectivity index (χ3n) is 4.57. The zero-order valence-corrected chi connectivity index (χ0v) is 20.6. The van der Waals surface area contributed by atoms with Crippen LogP contribution >= 0.6 is 24.0 Å². The van der Waals surface area contributed by atoms with Crippen molar-refractivity contribution in [3.8, 4) is 0 Å². The van der Waals surface area contributed by atoms with Crippen LogP contribution in [0.1, 0.15) is 37.9 Å². The van der Waals surface area contributed by atoms with Gasteiger partial charge in [0.25, 0.3) is 0 Å². The van der Waals surface area contributed by atoms with Crippen molar-refractivity contribution in [2.45, 2.75) is 39.3 Å². The monoisotopic (exact) mass is 517 g/mol. The molecule has 3 N–H and O–H groups in total. The number of rotatable bonds is 6. The molecule has 1 unspecified atom stereocenters. The molecule has 1 aliphatic rings. The molecular weight excluding hydrogens is 481 g/mol. The number of nitrogens with zero attached hydrogens (tertiary/aromatic N) is 2. The Hall–Kier alpha value is -1.39. The lowest BCUT2D eigenvalue weighted by Crippen LogP contribution is -2.50. The first-order valence-corrected chi connectivity index (χ1v) is 9.92. The van der Waals surface area contributed by atoms with Crippen molar-refractivity contribution in [3.05, 3.63) is 35.4 Å². The molecule has 0 bridgehead atoms. The minimum absolute atomic E-state index is 0. The van der Waals surface area contributed by atoms with E-state index in [0.29, 0.717) is 12.5 Å². The van der Waals surface area contributed by atoms with Gasteiger partial charge < -0.3 is 20.7 Å². The van der Waals surface area contributed by atoms with Gasteiger partial charge in [-0.05, 0) is 33.3 Å². The molecule has 8 heteroatoms. The second-order valence-electron chi connectivity index (χ2n) is 8.18. The predicted molar refractivity (Wildman–Crippen MR) is 129 cm³/mol. The highest BCUT2D eigenvalue weighted by molar-refractivity contribution is 14.0. The SMILES string of the molecule is CN=C(NCC(=O)NC(C)(C)C)NCC(c1ccc(C)cc1)N1CCOCC1.I. The first kappa shape index (κ1) is 25.6. The molecule has 1 heterocycles. The molecule has 2 rings (SSSR count). The van der Waals surface area contributed by atoms with Crippen LogP contribution in [0.4, 0.5) is 0 Å². The van der Waals surface area contributed by atoms with Crippen LogP contribution in [0.15, 0.2) is 29.3 Å². The number of benzene rings is 1. The van der Waals surface area contributed by atoms with Crippen LogP contribution in [0.25, 0.3) is 0 Å². The second kappa shape index (κ2) is 12.3. The van der Waals surface area contributed by atoms with E-state index < -0.39 is 0 Å². The van der Waals surface area contributed by atoms with Crippen molar-refractivity contribution in [2.75, 3.05) is 46.4 Å². The number of ether oxygens (including phenoxy) is 1. The van der Waals surface area contributed by atoms with Crippen molar-refractivity contribution < 1.29 is 9.53 Å². The van der Waals surface area contributed by atoms with E-state index in [1.807, 2.05) is 20.8 Å². The average molecular weight is 517 g/mol. The second-order valence-corrected chi connectivity index (χ2v) is 8.18. The quantitative estimate of drug-likeness (QED) is 0.306. The summed E-state index contributed by atoms with van der Waals surface area (Å²) in [6.45, 7) is 12.2. The Morgan fingerprint density at radius 2 is 1.79 bits per heavy atom. The normalized spacial score (nSPS) is 16.5. The summed E-state index contributed by atoms with van der Waals surface area (Å²) < 4.78 is 5.51. The largest absolute Gasteiger partial charge is 0.379 e. The lowest BCUT2D eigenvalue weighted by molar-refractivity contribution is -0.121. The molecule has 0 aromatic heterocycles. The smallest absolute Gasteiger partial charge is 0.239 e. The van der Waals surface area contributed by atoms with E-state index in [-0.39, 0.29) is 48.0 Å². The van der Waals surface area contributed by atoms with Gasteiger partial charge in [-0.15, -0.1) is 24.0 Å². The van der Waals surface area contributed by atoms with Crippen molar-refractivity contribution in [2.24, 2.45) is 4.99 Å². The fourth-order valence-electron chi connectivity index (χ4n) is 3.18. The summed E-state index contributed by atoms with van der Waals surface area (Å²) in [6.07, 6.45) is 0. The molecule has 1 saturated heterocycles. The Morgan fingerprint density at radius 3 is 2.34 bits per heavy atom. The molecule has 1 fully saturated rings. The first-order valence-electron chi connectivity index (χ1n) is 9.92. The lowest BCUT2D eigenvalue weighted by Gasteiger charge is -2.35. The van der Waals surface area contributed by atoms with Gasteiger partial charge in [0.2, 0.25) is 5.91 Å². The van der Waals surface area contributed by atoms with Crippen molar-refractivity contribution in [1.29, 1.82) is 0 Å². The van der Waals surface area contributed by atoms with Gasteiger partial charge in [-0.3, -0.25) is 14.7 Å². The maximum Gasteiger partial charge on any atom is 0.239 e. The van der Waals surface area contributed by atoms with Crippen molar-refractivity contribution in [3.63, 3.8) is 0 Å². The number of aliphatic imine (C=N–C) groups is 1. The predicted octanol–water partition coefficient (Wildman–Crippen LogP) is 2.07. The van der Waals surface area contributed by atoms with Crippen LogP contribution < -0.4 is 16.0 Å². The van der Waals surface area contributed by atoms with Gasteiger partial charge in [-0.25, -0.2) is 0 Å². The third-order valence-corrected chi connectivity index (χ3v) is 4.57. The number of hydrogen-bond acceptors (Lipinski definition) is 4. The highest BCUT2D eigenvalue weighted by atomic mass is 127. The van der Waals surface area contributed by atoms with Crippen LogP contribution in [0.5, 0.6) is 0 Å². The molecule has 0 aliphatic carbocycles. The number of nitrogens with one attached hydrogen (secondary N) is 3. The van der Waals surface area contributed by atoms with Crippen LogP contribution in [-0.2, 0) is 9.53 Å². The molecule has 1 aromatic rings. The van der Waals surface area contributed by atoms with E-state index in [0.717, 1.165) is 26.3 Å². The Morgan fingerprint density at radius 1 is 1.17 bits per heavy atom. The molecule has 7 nitrogen and oxygen atoms in total. The molecular formula is C21H36IN5O2. The number of halogens is 1. The number of carbonyl (C=O) groups excluding carboxylic acids is 1. The number of guanidine groups is 1. The minimum Gasteiger partial charge on any atom is -0.379 e. The Balaban J connectivity index is 0.00000420. The molecule has 0 spiro atoms. The topological polar surface area (TPSA) is 78.0 Å². The minimum atomic E-state index is -0.247. The van der Waals surface area contributed by atoms with Crippen LogP contribution in [0.2, 0.25) is 0 Å². The van der Waals surface area contributed by atoms with Crippen LogP contribution in [-0.4, -0.2) is 68.7 Å². The van der Waals surface area contributed by atoms with E-state index >= 15 is 0 Å². The standard InChI is InChI=1S/C21H35N5O2.HI/c1-16-6-8-17(9-7-16)18(26-10-12-28-13-11-26)14-23-20(22-5)24-15-19(27)25-21(2,3)4;/h6-9,18H,10-15H2,1-5H3,(H,25,27)(H2,22,23,24);1H. The third kappa shape index (κ3) is 9.31. The van der Waals surface area contributed by atoms with Gasteiger partial charge in [0.05, 0.1) is 25.8 Å². The first-order chi connectivity index (χ1) is 13.3. The number of amides is 1. The number of morpholine rings is 1.